The number of aromatic hydroxyl groups is 1. The molecule has 5 nitrogen and oxygen atoms in total. The SMILES string of the molecule is COc1cc([C@H](CC(F)(F)F)N2CCNCC2)cc(OC)c1O. The Balaban J connectivity index is 2.41. The standard InChI is InChI=1S/C15H21F3N2O3/c1-22-12-7-10(8-13(23-2)14(12)21)11(9-15(16,17)18)20-5-3-19-4-6-20/h7-8,11,19,21H,3-6,9H2,1-2H3/t11-/m0/s1. The predicted molar refractivity (Wildman–Crippen MR) is 79.1 cm³/mol. The molecule has 1 aromatic rings. The number of phenols is 1. The largest absolute Gasteiger partial charge is 0.502 e. The summed E-state index contributed by atoms with van der Waals surface area (Å²) in [6.45, 7) is 2.32. The fraction of sp³-hybridized carbons (Fsp3) is 0.600. The second kappa shape index (κ2) is 7.27. The molecule has 2 N–H and O–H groups in total. The van der Waals surface area contributed by atoms with E-state index in [9.17, 15) is 18.3 Å². The lowest BCUT2D eigenvalue weighted by atomic mass is 9.99. The number of methoxy groups -OCH3 is 2. The summed E-state index contributed by atoms with van der Waals surface area (Å²) in [7, 11) is 2.70. The number of nitrogens with one attached hydrogen (secondary N) is 1. The molecule has 8 heteroatoms. The third kappa shape index (κ3) is 4.42. The van der Waals surface area contributed by atoms with Crippen LogP contribution >= 0.6 is 0 Å². The number of nitrogens with zero attached hydrogens (tertiary/aromatic N) is 1. The van der Waals surface area contributed by atoms with E-state index < -0.39 is 18.6 Å². The van der Waals surface area contributed by atoms with E-state index in [-0.39, 0.29) is 17.2 Å². The molecule has 1 atom stereocenters. The quantitative estimate of drug-likeness (QED) is 0.865. The van der Waals surface area contributed by atoms with Crippen molar-refractivity contribution in [2.24, 2.45) is 0 Å². The van der Waals surface area contributed by atoms with Crippen LogP contribution in [0.3, 0.4) is 0 Å². The zero-order valence-corrected chi connectivity index (χ0v) is 13.1. The van der Waals surface area contributed by atoms with E-state index in [2.05, 4.69) is 5.32 Å². The van der Waals surface area contributed by atoms with Crippen LogP contribution in [0.2, 0.25) is 0 Å². The Hall–Kier alpha value is -1.67. The Labute approximate surface area is 133 Å². The van der Waals surface area contributed by atoms with E-state index in [1.54, 1.807) is 4.90 Å². The summed E-state index contributed by atoms with van der Waals surface area (Å²) in [6, 6.07) is 2.03. The average Bonchev–Trinajstić information content (AvgIpc) is 2.53. The van der Waals surface area contributed by atoms with Crippen molar-refractivity contribution >= 4 is 0 Å². The van der Waals surface area contributed by atoms with Gasteiger partial charge in [-0.25, -0.2) is 0 Å². The third-order valence-electron chi connectivity index (χ3n) is 3.90. The molecule has 1 aromatic carbocycles. The molecule has 0 aromatic heterocycles. The van der Waals surface area contributed by atoms with Crippen LogP contribution in [-0.2, 0) is 0 Å². The van der Waals surface area contributed by atoms with E-state index >= 15 is 0 Å². The van der Waals surface area contributed by atoms with Crippen molar-refractivity contribution in [1.82, 2.24) is 10.2 Å². The van der Waals surface area contributed by atoms with Crippen molar-refractivity contribution in [3.05, 3.63) is 17.7 Å². The highest BCUT2D eigenvalue weighted by Crippen LogP contribution is 2.42. The van der Waals surface area contributed by atoms with Gasteiger partial charge in [0, 0.05) is 32.2 Å². The number of hydrogen-bond acceptors (Lipinski definition) is 5. The van der Waals surface area contributed by atoms with Crippen molar-refractivity contribution in [3.63, 3.8) is 0 Å². The van der Waals surface area contributed by atoms with Gasteiger partial charge in [0.2, 0.25) is 5.75 Å². The summed E-state index contributed by atoms with van der Waals surface area (Å²) < 4.78 is 49.2. The zero-order valence-electron chi connectivity index (χ0n) is 13.1. The van der Waals surface area contributed by atoms with E-state index in [0.717, 1.165) is 0 Å². The average molecular weight is 334 g/mol. The highest BCUT2D eigenvalue weighted by molar-refractivity contribution is 5.53. The summed E-state index contributed by atoms with van der Waals surface area (Å²) in [5.74, 6) is -0.0202. The van der Waals surface area contributed by atoms with Gasteiger partial charge in [0.15, 0.2) is 11.5 Å². The molecule has 1 heterocycles. The highest BCUT2D eigenvalue weighted by Gasteiger charge is 2.36. The van der Waals surface area contributed by atoms with Gasteiger partial charge in [0.1, 0.15) is 0 Å². The van der Waals surface area contributed by atoms with Gasteiger partial charge in [-0.05, 0) is 17.7 Å². The van der Waals surface area contributed by atoms with Crippen LogP contribution in [0.5, 0.6) is 17.2 Å². The van der Waals surface area contributed by atoms with Gasteiger partial charge < -0.3 is 19.9 Å². The first-order chi connectivity index (χ1) is 10.9. The van der Waals surface area contributed by atoms with Crippen LogP contribution < -0.4 is 14.8 Å². The normalized spacial score (nSPS) is 17.8. The first kappa shape index (κ1) is 17.7. The first-order valence-electron chi connectivity index (χ1n) is 7.32. The monoisotopic (exact) mass is 334 g/mol. The molecule has 23 heavy (non-hydrogen) atoms. The Morgan fingerprint density at radius 1 is 1.17 bits per heavy atom. The topological polar surface area (TPSA) is 54.0 Å². The summed E-state index contributed by atoms with van der Waals surface area (Å²) in [4.78, 5) is 1.79. The second-order valence-electron chi connectivity index (χ2n) is 5.40. The minimum Gasteiger partial charge on any atom is -0.502 e. The molecule has 1 aliphatic heterocycles. The summed E-state index contributed by atoms with van der Waals surface area (Å²) in [5.41, 5.74) is 0.413. The Kier molecular flexibility index (Phi) is 5.59. The Morgan fingerprint density at radius 2 is 1.70 bits per heavy atom. The first-order valence-corrected chi connectivity index (χ1v) is 7.32. The van der Waals surface area contributed by atoms with Gasteiger partial charge in [0.05, 0.1) is 20.6 Å². The van der Waals surface area contributed by atoms with Gasteiger partial charge in [-0.2, -0.15) is 13.2 Å². The van der Waals surface area contributed by atoms with Crippen LogP contribution in [0.4, 0.5) is 13.2 Å². The zero-order chi connectivity index (χ0) is 17.0. The molecule has 0 spiro atoms. The minimum absolute atomic E-state index is 0.0988. The van der Waals surface area contributed by atoms with E-state index in [0.29, 0.717) is 31.7 Å². The van der Waals surface area contributed by atoms with Gasteiger partial charge in [-0.1, -0.05) is 0 Å². The molecule has 0 unspecified atom stereocenters. The predicted octanol–water partition coefficient (Wildman–Crippen LogP) is 2.31. The van der Waals surface area contributed by atoms with Crippen molar-refractivity contribution < 1.29 is 27.8 Å². The van der Waals surface area contributed by atoms with Crippen molar-refractivity contribution in [2.45, 2.75) is 18.6 Å². The molecule has 1 aliphatic rings. The highest BCUT2D eigenvalue weighted by atomic mass is 19.4. The number of alkyl halides is 3. The Bertz CT molecular complexity index is 506. The maximum Gasteiger partial charge on any atom is 0.390 e. The van der Waals surface area contributed by atoms with Crippen molar-refractivity contribution in [2.75, 3.05) is 40.4 Å². The number of rotatable bonds is 5. The van der Waals surface area contributed by atoms with Crippen LogP contribution in [0.25, 0.3) is 0 Å². The number of ether oxygens (including phenoxy) is 2. The number of piperazine rings is 1. The molecule has 1 saturated heterocycles. The number of halogens is 3. The molecule has 2 rings (SSSR count). The fourth-order valence-electron chi connectivity index (χ4n) is 2.78. The van der Waals surface area contributed by atoms with Gasteiger partial charge in [-0.3, -0.25) is 4.90 Å². The second-order valence-corrected chi connectivity index (χ2v) is 5.40. The summed E-state index contributed by atoms with van der Waals surface area (Å²) in [6.07, 6.45) is -5.27. The Morgan fingerprint density at radius 3 is 2.13 bits per heavy atom. The van der Waals surface area contributed by atoms with Crippen LogP contribution in [-0.4, -0.2) is 56.6 Å². The molecule has 0 saturated carbocycles. The molecule has 1 fully saturated rings. The number of benzene rings is 1. The minimum atomic E-state index is -4.30. The van der Waals surface area contributed by atoms with E-state index in [1.807, 2.05) is 0 Å². The van der Waals surface area contributed by atoms with E-state index in [1.165, 1.54) is 26.4 Å². The fourth-order valence-corrected chi connectivity index (χ4v) is 2.78. The molecule has 0 radical (unpaired) electrons. The summed E-state index contributed by atoms with van der Waals surface area (Å²) in [5, 5.41) is 13.1. The lowest BCUT2D eigenvalue weighted by Gasteiger charge is -2.36. The number of hydrogen-bond donors (Lipinski definition) is 2. The van der Waals surface area contributed by atoms with Crippen molar-refractivity contribution in [1.29, 1.82) is 0 Å². The van der Waals surface area contributed by atoms with E-state index in [4.69, 9.17) is 9.47 Å². The van der Waals surface area contributed by atoms with Gasteiger partial charge in [0.25, 0.3) is 0 Å². The number of phenolic OH excluding ortho intramolecular Hbond substituents is 1. The lowest BCUT2D eigenvalue weighted by Crippen LogP contribution is -2.46. The van der Waals surface area contributed by atoms with Gasteiger partial charge >= 0.3 is 6.18 Å². The van der Waals surface area contributed by atoms with Gasteiger partial charge in [-0.15, -0.1) is 0 Å². The lowest BCUT2D eigenvalue weighted by molar-refractivity contribution is -0.148. The maximum atomic E-state index is 13.0. The van der Waals surface area contributed by atoms with Crippen molar-refractivity contribution in [3.8, 4) is 17.2 Å². The summed E-state index contributed by atoms with van der Waals surface area (Å²) >= 11 is 0. The molecule has 0 bridgehead atoms. The molecular formula is C15H21F3N2O3. The smallest absolute Gasteiger partial charge is 0.390 e. The van der Waals surface area contributed by atoms with Crippen LogP contribution in [0.1, 0.15) is 18.0 Å². The third-order valence-corrected chi connectivity index (χ3v) is 3.90. The van der Waals surface area contributed by atoms with Crippen LogP contribution in [0, 0.1) is 0 Å². The molecule has 130 valence electrons. The molecular weight excluding hydrogens is 313 g/mol. The maximum absolute atomic E-state index is 13.0. The molecule has 0 amide bonds. The molecule has 0 aliphatic carbocycles. The van der Waals surface area contributed by atoms with Crippen LogP contribution in [0.15, 0.2) is 12.1 Å².